The third-order valence-corrected chi connectivity index (χ3v) is 4.60. The van der Waals surface area contributed by atoms with Crippen molar-refractivity contribution in [1.82, 2.24) is 14.5 Å². The average molecular weight is 474 g/mol. The number of carbonyl (C=O) groups is 1. The molecule has 11 heteroatoms. The van der Waals surface area contributed by atoms with Crippen molar-refractivity contribution in [3.8, 4) is 17.5 Å². The van der Waals surface area contributed by atoms with Gasteiger partial charge in [0, 0.05) is 54.7 Å². The number of hydrogen-bond donors (Lipinski definition) is 2. The highest BCUT2D eigenvalue weighted by Gasteiger charge is 2.38. The Bertz CT molecular complexity index is 1260. The number of aromatic nitrogens is 3. The molecule has 4 aromatic rings. The third kappa shape index (κ3) is 6.45. The number of benzene rings is 1. The van der Waals surface area contributed by atoms with Crippen LogP contribution in [0.15, 0.2) is 67.1 Å². The van der Waals surface area contributed by atoms with Gasteiger partial charge in [0.25, 0.3) is 0 Å². The van der Waals surface area contributed by atoms with Gasteiger partial charge in [-0.1, -0.05) is 6.07 Å². The van der Waals surface area contributed by atoms with E-state index >= 15 is 0 Å². The number of methoxy groups -OCH3 is 1. The molecular weight excluding hydrogens is 453 g/mol. The molecule has 0 unspecified atom stereocenters. The first kappa shape index (κ1) is 24.5. The summed E-state index contributed by atoms with van der Waals surface area (Å²) in [5.41, 5.74) is 8.89. The second kappa shape index (κ2) is 10.7. The van der Waals surface area contributed by atoms with Gasteiger partial charge in [-0.2, -0.15) is 13.2 Å². The Hall–Kier alpha value is -4.12. The normalized spacial score (nSPS) is 11.0. The lowest BCUT2D eigenvalue weighted by Crippen LogP contribution is -2.21. The van der Waals surface area contributed by atoms with Crippen molar-refractivity contribution in [2.45, 2.75) is 19.3 Å². The number of nitrogens with zero attached hydrogens (tertiary/aromatic N) is 3. The second-order valence-electron chi connectivity index (χ2n) is 6.98. The SMILES string of the molecule is COc1ccc(Cn2ccc3cc(Oc4cc(CN)ccn4)ccc32)cn1.O=C(O)C(F)(F)F. The molecule has 0 fully saturated rings. The topological polar surface area (TPSA) is 112 Å². The summed E-state index contributed by atoms with van der Waals surface area (Å²) in [6, 6.07) is 15.7. The lowest BCUT2D eigenvalue weighted by molar-refractivity contribution is -0.192. The molecule has 8 nitrogen and oxygen atoms in total. The minimum atomic E-state index is -5.08. The molecule has 0 aliphatic rings. The molecule has 0 aliphatic carbocycles. The summed E-state index contributed by atoms with van der Waals surface area (Å²) in [6.45, 7) is 1.20. The number of hydrogen-bond acceptors (Lipinski definition) is 6. The fraction of sp³-hybridized carbons (Fsp3) is 0.174. The molecule has 1 aromatic carbocycles. The van der Waals surface area contributed by atoms with Gasteiger partial charge < -0.3 is 24.9 Å². The van der Waals surface area contributed by atoms with Crippen LogP contribution in [0.25, 0.3) is 10.9 Å². The number of halogens is 3. The van der Waals surface area contributed by atoms with E-state index in [0.717, 1.165) is 34.3 Å². The monoisotopic (exact) mass is 474 g/mol. The van der Waals surface area contributed by atoms with Gasteiger partial charge in [0.05, 0.1) is 7.11 Å². The number of nitrogens with two attached hydrogens (primary N) is 1. The van der Waals surface area contributed by atoms with Crippen LogP contribution >= 0.6 is 0 Å². The van der Waals surface area contributed by atoms with Crippen molar-refractivity contribution in [2.75, 3.05) is 7.11 Å². The second-order valence-corrected chi connectivity index (χ2v) is 6.98. The summed E-state index contributed by atoms with van der Waals surface area (Å²) < 4.78 is 44.9. The van der Waals surface area contributed by atoms with Crippen molar-refractivity contribution in [2.24, 2.45) is 5.73 Å². The van der Waals surface area contributed by atoms with Gasteiger partial charge in [0.2, 0.25) is 11.8 Å². The number of fused-ring (bicyclic) bond motifs is 1. The van der Waals surface area contributed by atoms with E-state index in [1.54, 1.807) is 13.3 Å². The molecule has 3 N–H and O–H groups in total. The molecule has 0 radical (unpaired) electrons. The Balaban J connectivity index is 0.000000406. The molecule has 0 bridgehead atoms. The van der Waals surface area contributed by atoms with Crippen molar-refractivity contribution in [3.05, 3.63) is 78.2 Å². The van der Waals surface area contributed by atoms with Crippen molar-refractivity contribution in [3.63, 3.8) is 0 Å². The van der Waals surface area contributed by atoms with Crippen molar-refractivity contribution >= 4 is 16.9 Å². The van der Waals surface area contributed by atoms with Crippen LogP contribution in [-0.2, 0) is 17.9 Å². The van der Waals surface area contributed by atoms with Gasteiger partial charge in [0.1, 0.15) is 5.75 Å². The Labute approximate surface area is 192 Å². The smallest absolute Gasteiger partial charge is 0.481 e. The summed E-state index contributed by atoms with van der Waals surface area (Å²) in [6.07, 6.45) is 0.514. The number of rotatable bonds is 6. The maximum atomic E-state index is 10.6. The highest BCUT2D eigenvalue weighted by molar-refractivity contribution is 5.81. The van der Waals surface area contributed by atoms with Gasteiger partial charge in [-0.25, -0.2) is 14.8 Å². The standard InChI is InChI=1S/C21H20N4O2.C2HF3O2/c1-26-20-5-2-16(13-24-20)14-25-9-7-17-11-18(3-4-19(17)25)27-21-10-15(12-22)6-8-23-21;3-2(4,5)1(6)7/h2-11,13H,12,14,22H2,1H3;(H,6,7). The summed E-state index contributed by atoms with van der Waals surface area (Å²) in [7, 11) is 1.61. The van der Waals surface area contributed by atoms with Gasteiger partial charge >= 0.3 is 12.1 Å². The summed E-state index contributed by atoms with van der Waals surface area (Å²) in [4.78, 5) is 17.4. The average Bonchev–Trinajstić information content (AvgIpc) is 3.21. The van der Waals surface area contributed by atoms with E-state index in [9.17, 15) is 13.2 Å². The zero-order valence-corrected chi connectivity index (χ0v) is 18.0. The Kier molecular flexibility index (Phi) is 7.69. The molecule has 178 valence electrons. The van der Waals surface area contributed by atoms with E-state index in [1.807, 2.05) is 42.6 Å². The predicted octanol–water partition coefficient (Wildman–Crippen LogP) is 4.37. The highest BCUT2D eigenvalue weighted by atomic mass is 19.4. The van der Waals surface area contributed by atoms with Crippen molar-refractivity contribution in [1.29, 1.82) is 0 Å². The van der Waals surface area contributed by atoms with Crippen LogP contribution in [0.2, 0.25) is 0 Å². The largest absolute Gasteiger partial charge is 0.490 e. The van der Waals surface area contributed by atoms with E-state index in [0.29, 0.717) is 18.3 Å². The Morgan fingerprint density at radius 1 is 1.06 bits per heavy atom. The van der Waals surface area contributed by atoms with Crippen LogP contribution in [0.4, 0.5) is 13.2 Å². The molecule has 0 amide bonds. The molecule has 3 aromatic heterocycles. The molecule has 0 aliphatic heterocycles. The predicted molar refractivity (Wildman–Crippen MR) is 118 cm³/mol. The summed E-state index contributed by atoms with van der Waals surface area (Å²) in [5.74, 6) is -0.855. The van der Waals surface area contributed by atoms with Crippen LogP contribution < -0.4 is 15.2 Å². The molecule has 3 heterocycles. The van der Waals surface area contributed by atoms with Crippen LogP contribution in [0.5, 0.6) is 17.5 Å². The molecule has 34 heavy (non-hydrogen) atoms. The minimum absolute atomic E-state index is 0.459. The third-order valence-electron chi connectivity index (χ3n) is 4.60. The van der Waals surface area contributed by atoms with Gasteiger partial charge in [-0.3, -0.25) is 0 Å². The Morgan fingerprint density at radius 3 is 2.44 bits per heavy atom. The first-order valence-corrected chi connectivity index (χ1v) is 9.90. The Morgan fingerprint density at radius 2 is 1.82 bits per heavy atom. The molecular formula is C23H21F3N4O4. The van der Waals surface area contributed by atoms with E-state index in [4.69, 9.17) is 25.1 Å². The van der Waals surface area contributed by atoms with Crippen LogP contribution in [-0.4, -0.2) is 38.9 Å². The van der Waals surface area contributed by atoms with Crippen LogP contribution in [0, 0.1) is 0 Å². The van der Waals surface area contributed by atoms with Crippen LogP contribution in [0.1, 0.15) is 11.1 Å². The number of ether oxygens (including phenoxy) is 2. The number of pyridine rings is 2. The maximum Gasteiger partial charge on any atom is 0.490 e. The molecule has 0 atom stereocenters. The van der Waals surface area contributed by atoms with Crippen molar-refractivity contribution < 1.29 is 32.5 Å². The number of aliphatic carboxylic acids is 1. The molecule has 0 spiro atoms. The van der Waals surface area contributed by atoms with Gasteiger partial charge in [-0.15, -0.1) is 0 Å². The first-order chi connectivity index (χ1) is 16.2. The fourth-order valence-electron chi connectivity index (χ4n) is 2.96. The fourth-order valence-corrected chi connectivity index (χ4v) is 2.96. The van der Waals surface area contributed by atoms with E-state index in [2.05, 4.69) is 32.9 Å². The maximum absolute atomic E-state index is 10.6. The lowest BCUT2D eigenvalue weighted by Gasteiger charge is -2.08. The zero-order chi connectivity index (χ0) is 24.7. The quantitative estimate of drug-likeness (QED) is 0.427. The number of carboxylic acid groups (broad SMARTS) is 1. The van der Waals surface area contributed by atoms with Crippen LogP contribution in [0.3, 0.4) is 0 Å². The lowest BCUT2D eigenvalue weighted by atomic mass is 10.2. The number of carboxylic acids is 1. The van der Waals surface area contributed by atoms with E-state index in [-0.39, 0.29) is 0 Å². The number of alkyl halides is 3. The van der Waals surface area contributed by atoms with E-state index in [1.165, 1.54) is 0 Å². The summed E-state index contributed by atoms with van der Waals surface area (Å²) >= 11 is 0. The minimum Gasteiger partial charge on any atom is -0.481 e. The summed E-state index contributed by atoms with van der Waals surface area (Å²) in [5, 5.41) is 8.23. The highest BCUT2D eigenvalue weighted by Crippen LogP contribution is 2.26. The molecule has 0 saturated heterocycles. The van der Waals surface area contributed by atoms with Gasteiger partial charge in [0.15, 0.2) is 0 Å². The molecule has 0 saturated carbocycles. The molecule has 4 rings (SSSR count). The van der Waals surface area contributed by atoms with E-state index < -0.39 is 12.1 Å². The first-order valence-electron chi connectivity index (χ1n) is 9.90. The van der Waals surface area contributed by atoms with Gasteiger partial charge in [-0.05, 0) is 41.5 Å². The zero-order valence-electron chi connectivity index (χ0n) is 18.0.